The molecule has 96 valence electrons. The van der Waals surface area contributed by atoms with E-state index >= 15 is 0 Å². The zero-order valence-corrected chi connectivity index (χ0v) is 11.8. The largest absolute Gasteiger partial charge is 0.383 e. The van der Waals surface area contributed by atoms with Crippen LogP contribution in [0.4, 0.5) is 5.82 Å². The lowest BCUT2D eigenvalue weighted by molar-refractivity contribution is 0.393. The van der Waals surface area contributed by atoms with Gasteiger partial charge in [-0.15, -0.1) is 0 Å². The summed E-state index contributed by atoms with van der Waals surface area (Å²) in [6.07, 6.45) is 0. The molecular formula is C15H21N3. The van der Waals surface area contributed by atoms with Gasteiger partial charge < -0.3 is 10.3 Å². The predicted octanol–water partition coefficient (Wildman–Crippen LogP) is 3.50. The van der Waals surface area contributed by atoms with Crippen molar-refractivity contribution in [3.8, 4) is 11.3 Å². The number of hydrogen-bond donors (Lipinski definition) is 1. The summed E-state index contributed by atoms with van der Waals surface area (Å²) in [5.74, 6) is 1.69. The van der Waals surface area contributed by atoms with E-state index in [1.165, 1.54) is 5.56 Å². The lowest BCUT2D eigenvalue weighted by atomic mass is 10.1. The molecule has 3 nitrogen and oxygen atoms in total. The van der Waals surface area contributed by atoms with Crippen LogP contribution in [0.15, 0.2) is 24.3 Å². The molecule has 0 amide bonds. The summed E-state index contributed by atoms with van der Waals surface area (Å²) in [4.78, 5) is 4.61. The van der Waals surface area contributed by atoms with Gasteiger partial charge in [0.25, 0.3) is 0 Å². The summed E-state index contributed by atoms with van der Waals surface area (Å²) in [5.41, 5.74) is 9.40. The normalized spacial score (nSPS) is 11.8. The highest BCUT2D eigenvalue weighted by Crippen LogP contribution is 2.31. The maximum atomic E-state index is 6.26. The van der Waals surface area contributed by atoms with E-state index in [-0.39, 0.29) is 5.54 Å². The highest BCUT2D eigenvalue weighted by atomic mass is 15.2. The van der Waals surface area contributed by atoms with Crippen molar-refractivity contribution in [2.45, 2.75) is 40.2 Å². The lowest BCUT2D eigenvalue weighted by Gasteiger charge is -2.24. The third-order valence-corrected chi connectivity index (χ3v) is 3.08. The van der Waals surface area contributed by atoms with Crippen LogP contribution in [0.25, 0.3) is 11.3 Å². The molecule has 0 radical (unpaired) electrons. The van der Waals surface area contributed by atoms with Crippen LogP contribution in [0, 0.1) is 13.8 Å². The Balaban J connectivity index is 2.57. The second-order valence-electron chi connectivity index (χ2n) is 5.77. The molecule has 0 fully saturated rings. The Labute approximate surface area is 109 Å². The van der Waals surface area contributed by atoms with Crippen LogP contribution < -0.4 is 5.73 Å². The highest BCUT2D eigenvalue weighted by molar-refractivity contribution is 5.71. The monoisotopic (exact) mass is 243 g/mol. The van der Waals surface area contributed by atoms with Gasteiger partial charge in [-0.2, -0.15) is 0 Å². The molecule has 0 saturated carbocycles. The molecule has 3 heteroatoms. The molecule has 1 aromatic carbocycles. The van der Waals surface area contributed by atoms with Gasteiger partial charge in [0.15, 0.2) is 0 Å². The molecular weight excluding hydrogens is 222 g/mol. The summed E-state index contributed by atoms with van der Waals surface area (Å²) < 4.78 is 2.09. The quantitative estimate of drug-likeness (QED) is 0.833. The second kappa shape index (κ2) is 4.16. The van der Waals surface area contributed by atoms with Crippen LogP contribution in [0.2, 0.25) is 0 Å². The maximum absolute atomic E-state index is 6.26. The van der Waals surface area contributed by atoms with Gasteiger partial charge in [0.05, 0.1) is 0 Å². The molecule has 1 aromatic heterocycles. The second-order valence-corrected chi connectivity index (χ2v) is 5.77. The first-order chi connectivity index (χ1) is 8.30. The Kier molecular flexibility index (Phi) is 2.93. The minimum Gasteiger partial charge on any atom is -0.383 e. The molecule has 0 unspecified atom stereocenters. The molecule has 1 heterocycles. The van der Waals surface area contributed by atoms with Crippen molar-refractivity contribution in [3.05, 3.63) is 35.7 Å². The van der Waals surface area contributed by atoms with E-state index in [0.29, 0.717) is 0 Å². The van der Waals surface area contributed by atoms with Gasteiger partial charge in [-0.3, -0.25) is 0 Å². The average molecular weight is 243 g/mol. The van der Waals surface area contributed by atoms with Gasteiger partial charge in [0.1, 0.15) is 17.3 Å². The fourth-order valence-electron chi connectivity index (χ4n) is 2.32. The molecule has 2 N–H and O–H groups in total. The molecule has 0 atom stereocenters. The smallest absolute Gasteiger partial charge is 0.132 e. The number of aromatic nitrogens is 2. The van der Waals surface area contributed by atoms with E-state index in [9.17, 15) is 0 Å². The van der Waals surface area contributed by atoms with Crippen LogP contribution >= 0.6 is 0 Å². The average Bonchev–Trinajstić information content (AvgIpc) is 2.54. The standard InChI is InChI=1S/C15H21N3/c1-10-6-8-12(9-7-10)13-14(16)18(11(2)17-13)15(3,4)5/h6-9H,16H2,1-5H3. The van der Waals surface area contributed by atoms with E-state index in [1.807, 2.05) is 6.92 Å². The Morgan fingerprint density at radius 3 is 2.06 bits per heavy atom. The Morgan fingerprint density at radius 1 is 1.06 bits per heavy atom. The maximum Gasteiger partial charge on any atom is 0.132 e. The van der Waals surface area contributed by atoms with Gasteiger partial charge in [-0.1, -0.05) is 29.8 Å². The number of nitrogen functional groups attached to an aromatic ring is 1. The lowest BCUT2D eigenvalue weighted by Crippen LogP contribution is -2.24. The number of aryl methyl sites for hydroxylation is 2. The van der Waals surface area contributed by atoms with Gasteiger partial charge in [-0.25, -0.2) is 4.98 Å². The van der Waals surface area contributed by atoms with E-state index in [2.05, 4.69) is 61.5 Å². The van der Waals surface area contributed by atoms with Crippen molar-refractivity contribution >= 4 is 5.82 Å². The first-order valence-electron chi connectivity index (χ1n) is 6.23. The Morgan fingerprint density at radius 2 is 1.61 bits per heavy atom. The first kappa shape index (κ1) is 12.7. The molecule has 18 heavy (non-hydrogen) atoms. The summed E-state index contributed by atoms with van der Waals surface area (Å²) in [5, 5.41) is 0. The molecule has 0 aliphatic carbocycles. The molecule has 0 saturated heterocycles. The summed E-state index contributed by atoms with van der Waals surface area (Å²) in [6, 6.07) is 8.31. The van der Waals surface area contributed by atoms with Crippen molar-refractivity contribution in [3.63, 3.8) is 0 Å². The van der Waals surface area contributed by atoms with Crippen molar-refractivity contribution in [2.24, 2.45) is 0 Å². The summed E-state index contributed by atoms with van der Waals surface area (Å²) in [7, 11) is 0. The van der Waals surface area contributed by atoms with Gasteiger partial charge in [-0.05, 0) is 34.6 Å². The fourth-order valence-corrected chi connectivity index (χ4v) is 2.32. The van der Waals surface area contributed by atoms with E-state index < -0.39 is 0 Å². The Hall–Kier alpha value is -1.77. The number of nitrogens with two attached hydrogens (primary N) is 1. The van der Waals surface area contributed by atoms with Crippen LogP contribution in [0.5, 0.6) is 0 Å². The third-order valence-electron chi connectivity index (χ3n) is 3.08. The molecule has 2 aromatic rings. The van der Waals surface area contributed by atoms with Gasteiger partial charge >= 0.3 is 0 Å². The van der Waals surface area contributed by atoms with Crippen molar-refractivity contribution in [2.75, 3.05) is 5.73 Å². The van der Waals surface area contributed by atoms with Crippen molar-refractivity contribution < 1.29 is 0 Å². The molecule has 0 aliphatic rings. The number of rotatable bonds is 1. The minimum atomic E-state index is -0.0515. The fraction of sp³-hybridized carbons (Fsp3) is 0.400. The topological polar surface area (TPSA) is 43.8 Å². The van der Waals surface area contributed by atoms with Crippen molar-refractivity contribution in [1.82, 2.24) is 9.55 Å². The van der Waals surface area contributed by atoms with Crippen LogP contribution in [-0.4, -0.2) is 9.55 Å². The number of hydrogen-bond acceptors (Lipinski definition) is 2. The van der Waals surface area contributed by atoms with Crippen LogP contribution in [0.3, 0.4) is 0 Å². The van der Waals surface area contributed by atoms with Gasteiger partial charge in [0, 0.05) is 11.1 Å². The molecule has 0 bridgehead atoms. The number of nitrogens with zero attached hydrogens (tertiary/aromatic N) is 2. The Bertz CT molecular complexity index is 557. The minimum absolute atomic E-state index is 0.0515. The summed E-state index contributed by atoms with van der Waals surface area (Å²) in [6.45, 7) is 10.5. The summed E-state index contributed by atoms with van der Waals surface area (Å²) >= 11 is 0. The number of anilines is 1. The first-order valence-corrected chi connectivity index (χ1v) is 6.23. The van der Waals surface area contributed by atoms with E-state index in [0.717, 1.165) is 22.9 Å². The van der Waals surface area contributed by atoms with E-state index in [4.69, 9.17) is 5.73 Å². The molecule has 0 aliphatic heterocycles. The number of benzene rings is 1. The van der Waals surface area contributed by atoms with Crippen LogP contribution in [-0.2, 0) is 5.54 Å². The zero-order chi connectivity index (χ0) is 13.5. The number of imidazole rings is 1. The SMILES string of the molecule is Cc1ccc(-c2nc(C)n(C(C)(C)C)c2N)cc1. The predicted molar refractivity (Wildman–Crippen MR) is 76.5 cm³/mol. The molecule has 0 spiro atoms. The van der Waals surface area contributed by atoms with E-state index in [1.54, 1.807) is 0 Å². The van der Waals surface area contributed by atoms with Crippen LogP contribution in [0.1, 0.15) is 32.2 Å². The third kappa shape index (κ3) is 2.13. The van der Waals surface area contributed by atoms with Crippen molar-refractivity contribution in [1.29, 1.82) is 0 Å². The zero-order valence-electron chi connectivity index (χ0n) is 11.8. The van der Waals surface area contributed by atoms with Gasteiger partial charge in [0.2, 0.25) is 0 Å². The highest BCUT2D eigenvalue weighted by Gasteiger charge is 2.22. The molecule has 2 rings (SSSR count).